The largest absolute Gasteiger partial charge is 0.480 e. The number of alkyl halides is 3. The quantitative estimate of drug-likeness (QED) is 0.560. The van der Waals surface area contributed by atoms with Crippen LogP contribution >= 0.6 is 11.6 Å². The van der Waals surface area contributed by atoms with Gasteiger partial charge in [0.15, 0.2) is 6.04 Å². The van der Waals surface area contributed by atoms with E-state index in [4.69, 9.17) is 11.6 Å². The number of likely N-dealkylation sites (tertiary alicyclic amines) is 1. The van der Waals surface area contributed by atoms with Gasteiger partial charge in [0.25, 0.3) is 0 Å². The van der Waals surface area contributed by atoms with E-state index in [0.717, 1.165) is 6.42 Å². The molecule has 1 saturated heterocycles. The number of carbonyl (C=O) groups excluding carboxylic acids is 2. The van der Waals surface area contributed by atoms with Crippen LogP contribution in [0, 0.1) is 11.8 Å². The van der Waals surface area contributed by atoms with Gasteiger partial charge in [-0.05, 0) is 36.8 Å². The zero-order valence-corrected chi connectivity index (χ0v) is 16.8. The summed E-state index contributed by atoms with van der Waals surface area (Å²) in [5, 5.41) is 14.7. The zero-order chi connectivity index (χ0) is 22.1. The Labute approximate surface area is 176 Å². The Morgan fingerprint density at radius 3 is 2.53 bits per heavy atom. The van der Waals surface area contributed by atoms with Gasteiger partial charge in [-0.15, -0.1) is 0 Å². The van der Waals surface area contributed by atoms with E-state index in [0.29, 0.717) is 47.7 Å². The summed E-state index contributed by atoms with van der Waals surface area (Å²) in [4.78, 5) is 37.1. The van der Waals surface area contributed by atoms with Gasteiger partial charge in [-0.25, -0.2) is 14.5 Å². The Balaban J connectivity index is 1.72. The lowest BCUT2D eigenvalue weighted by atomic mass is 9.81. The minimum Gasteiger partial charge on any atom is -0.480 e. The molecule has 0 aromatic rings. The number of imide groups is 1. The molecular weight excluding hydrogens is 427 g/mol. The topological polar surface area (TPSA) is 98.7 Å². The van der Waals surface area contributed by atoms with Crippen molar-refractivity contribution in [3.8, 4) is 0 Å². The first-order chi connectivity index (χ1) is 14.1. The molecule has 0 radical (unpaired) electrons. The fraction of sp³-hybridized carbons (Fsp3) is 0.632. The molecule has 30 heavy (non-hydrogen) atoms. The molecule has 0 aromatic heterocycles. The van der Waals surface area contributed by atoms with E-state index in [9.17, 15) is 32.7 Å². The van der Waals surface area contributed by atoms with Gasteiger partial charge in [0, 0.05) is 11.2 Å². The van der Waals surface area contributed by atoms with Crippen molar-refractivity contribution in [1.82, 2.24) is 15.5 Å². The van der Waals surface area contributed by atoms with Crippen LogP contribution in [0.3, 0.4) is 0 Å². The van der Waals surface area contributed by atoms with E-state index in [-0.39, 0.29) is 6.42 Å². The highest BCUT2D eigenvalue weighted by molar-refractivity contribution is 6.30. The highest BCUT2D eigenvalue weighted by atomic mass is 35.5. The number of amides is 3. The highest BCUT2D eigenvalue weighted by Crippen LogP contribution is 2.37. The van der Waals surface area contributed by atoms with Gasteiger partial charge in [-0.3, -0.25) is 4.79 Å². The summed E-state index contributed by atoms with van der Waals surface area (Å²) in [5.41, 5.74) is 0.575. The van der Waals surface area contributed by atoms with Crippen molar-refractivity contribution < 1.29 is 32.7 Å². The van der Waals surface area contributed by atoms with Crippen molar-refractivity contribution in [3.63, 3.8) is 0 Å². The number of hydrogen-bond donors (Lipinski definition) is 3. The molecule has 0 spiro atoms. The lowest BCUT2D eigenvalue weighted by molar-refractivity contribution is -0.172. The second kappa shape index (κ2) is 8.87. The van der Waals surface area contributed by atoms with Gasteiger partial charge in [-0.1, -0.05) is 30.9 Å². The molecule has 0 aromatic carbocycles. The smallest absolute Gasteiger partial charge is 0.408 e. The van der Waals surface area contributed by atoms with Crippen molar-refractivity contribution in [3.05, 3.63) is 22.9 Å². The van der Waals surface area contributed by atoms with Gasteiger partial charge in [0.05, 0.1) is 12.5 Å². The minimum absolute atomic E-state index is 0.00806. The van der Waals surface area contributed by atoms with Crippen molar-refractivity contribution in [2.75, 3.05) is 6.54 Å². The monoisotopic (exact) mass is 449 g/mol. The molecule has 2 fully saturated rings. The number of β-lactam (4-membered cyclic amide) rings is 1. The van der Waals surface area contributed by atoms with E-state index in [1.54, 1.807) is 12.3 Å². The van der Waals surface area contributed by atoms with E-state index >= 15 is 0 Å². The number of allylic oxidation sites excluding steroid dienone is 2. The minimum atomic E-state index is -4.69. The Morgan fingerprint density at radius 2 is 1.97 bits per heavy atom. The van der Waals surface area contributed by atoms with Crippen LogP contribution in [-0.2, 0) is 9.59 Å². The Kier molecular flexibility index (Phi) is 6.64. The molecule has 3 N–H and O–H groups in total. The fourth-order valence-corrected chi connectivity index (χ4v) is 4.56. The number of nitrogens with zero attached hydrogens (tertiary/aromatic N) is 1. The summed E-state index contributed by atoms with van der Waals surface area (Å²) >= 11 is 5.92. The summed E-state index contributed by atoms with van der Waals surface area (Å²) in [6.45, 7) is 0.403. The van der Waals surface area contributed by atoms with Crippen molar-refractivity contribution in [1.29, 1.82) is 0 Å². The summed E-state index contributed by atoms with van der Waals surface area (Å²) in [6.07, 6.45) is 1.24. The molecule has 3 atom stereocenters. The van der Waals surface area contributed by atoms with E-state index in [2.05, 4.69) is 5.32 Å². The summed E-state index contributed by atoms with van der Waals surface area (Å²) in [6, 6.07) is -4.97. The summed E-state index contributed by atoms with van der Waals surface area (Å²) < 4.78 is 40.7. The predicted molar refractivity (Wildman–Crippen MR) is 101 cm³/mol. The number of urea groups is 1. The van der Waals surface area contributed by atoms with Crippen LogP contribution in [0.1, 0.15) is 38.5 Å². The molecule has 166 valence electrons. The van der Waals surface area contributed by atoms with Crippen molar-refractivity contribution in [2.24, 2.45) is 11.8 Å². The number of nitrogens with one attached hydrogen (secondary N) is 2. The number of rotatable bonds is 5. The second-order valence-corrected chi connectivity index (χ2v) is 8.35. The number of hydrogen-bond acceptors (Lipinski definition) is 4. The third-order valence-corrected chi connectivity index (χ3v) is 6.04. The van der Waals surface area contributed by atoms with Gasteiger partial charge in [0.2, 0.25) is 5.91 Å². The van der Waals surface area contributed by atoms with Crippen LogP contribution in [0.15, 0.2) is 22.9 Å². The van der Waals surface area contributed by atoms with Crippen molar-refractivity contribution >= 4 is 29.5 Å². The number of carbonyl (C=O) groups is 3. The SMILES string of the molecule is O=C(O)[C@@H]1[C@@H](CC2=CNCC(Cl)=C2)C(=O)N1C(=O)N[C@@H](C1CCCCC1)C(F)(F)F. The molecule has 2 aliphatic heterocycles. The van der Waals surface area contributed by atoms with Crippen molar-refractivity contribution in [2.45, 2.75) is 56.8 Å². The molecule has 7 nitrogen and oxygen atoms in total. The Bertz CT molecular complexity index is 777. The van der Waals surface area contributed by atoms with Crippen LogP contribution in [0.2, 0.25) is 0 Å². The average molecular weight is 450 g/mol. The first kappa shape index (κ1) is 22.5. The Morgan fingerprint density at radius 1 is 1.30 bits per heavy atom. The third kappa shape index (κ3) is 4.74. The molecule has 1 aliphatic carbocycles. The van der Waals surface area contributed by atoms with Gasteiger partial charge < -0.3 is 15.7 Å². The zero-order valence-electron chi connectivity index (χ0n) is 16.0. The maximum Gasteiger partial charge on any atom is 0.408 e. The first-order valence-electron chi connectivity index (χ1n) is 9.81. The molecule has 0 bridgehead atoms. The molecule has 0 unspecified atom stereocenters. The summed E-state index contributed by atoms with van der Waals surface area (Å²) in [7, 11) is 0. The fourth-order valence-electron chi connectivity index (χ4n) is 4.34. The molecular formula is C19H23ClF3N3O4. The van der Waals surface area contributed by atoms with E-state index in [1.807, 2.05) is 5.32 Å². The van der Waals surface area contributed by atoms with Gasteiger partial charge >= 0.3 is 18.2 Å². The van der Waals surface area contributed by atoms with E-state index in [1.165, 1.54) is 0 Å². The lowest BCUT2D eigenvalue weighted by Crippen LogP contribution is -2.69. The molecule has 1 saturated carbocycles. The Hall–Kier alpha value is -2.23. The molecule has 3 amide bonds. The normalized spacial score (nSPS) is 26.1. The maximum absolute atomic E-state index is 13.6. The number of carboxylic acid groups (broad SMARTS) is 1. The molecule has 11 heteroatoms. The van der Waals surface area contributed by atoms with Gasteiger partial charge in [0.1, 0.15) is 6.04 Å². The molecule has 3 rings (SSSR count). The maximum atomic E-state index is 13.6. The highest BCUT2D eigenvalue weighted by Gasteiger charge is 2.56. The molecule has 2 heterocycles. The number of carboxylic acids is 1. The van der Waals surface area contributed by atoms with E-state index < -0.39 is 48.0 Å². The average Bonchev–Trinajstić information content (AvgIpc) is 2.67. The summed E-state index contributed by atoms with van der Waals surface area (Å²) in [5.74, 6) is -4.11. The van der Waals surface area contributed by atoms with Crippen LogP contribution in [0.25, 0.3) is 0 Å². The second-order valence-electron chi connectivity index (χ2n) is 7.86. The number of aliphatic carboxylic acids is 1. The first-order valence-corrected chi connectivity index (χ1v) is 10.2. The standard InChI is InChI=1S/C19H23ClF3N3O4/c20-12-6-10(8-24-9-12)7-13-14(17(28)29)26(16(13)27)18(30)25-15(19(21,22)23)11-4-2-1-3-5-11/h6,8,11,13-15,24H,1-5,7,9H2,(H,25,30)(H,28,29)/t13-,14+,15+/m1/s1. The number of dihydropyridines is 1. The third-order valence-electron chi connectivity index (χ3n) is 5.79. The molecule has 3 aliphatic rings. The van der Waals surface area contributed by atoms with Crippen LogP contribution < -0.4 is 10.6 Å². The van der Waals surface area contributed by atoms with Gasteiger partial charge in [-0.2, -0.15) is 13.2 Å². The lowest BCUT2D eigenvalue weighted by Gasteiger charge is -2.44. The number of halogens is 4. The predicted octanol–water partition coefficient (Wildman–Crippen LogP) is 3.12. The van der Waals surface area contributed by atoms with Crippen LogP contribution in [0.5, 0.6) is 0 Å². The van der Waals surface area contributed by atoms with Crippen LogP contribution in [-0.4, -0.2) is 52.7 Å². The van der Waals surface area contributed by atoms with Crippen LogP contribution in [0.4, 0.5) is 18.0 Å².